The molecule has 1 aromatic rings. The van der Waals surface area contributed by atoms with E-state index in [9.17, 15) is 0 Å². The second-order valence-corrected chi connectivity index (χ2v) is 5.28. The Bertz CT molecular complexity index is 337. The van der Waals surface area contributed by atoms with Gasteiger partial charge in [-0.1, -0.05) is 6.92 Å². The van der Waals surface area contributed by atoms with Crippen molar-refractivity contribution in [2.45, 2.75) is 44.7 Å². The SMILES string of the molecule is CCC(C)n1ccc(CN2CCC(Cl)C2)n1. The Kier molecular flexibility index (Phi) is 3.87. The third-order valence-corrected chi connectivity index (χ3v) is 3.66. The fourth-order valence-electron chi connectivity index (χ4n) is 2.05. The maximum atomic E-state index is 6.08. The van der Waals surface area contributed by atoms with Crippen LogP contribution >= 0.6 is 11.6 Å². The molecule has 1 fully saturated rings. The molecule has 2 unspecified atom stereocenters. The van der Waals surface area contributed by atoms with Gasteiger partial charge in [0.1, 0.15) is 0 Å². The number of rotatable bonds is 4. The average Bonchev–Trinajstić information content (AvgIpc) is 2.87. The molecule has 0 aliphatic carbocycles. The summed E-state index contributed by atoms with van der Waals surface area (Å²) in [4.78, 5) is 2.38. The first kappa shape index (κ1) is 11.9. The second-order valence-electron chi connectivity index (χ2n) is 4.67. The Balaban J connectivity index is 1.92. The smallest absolute Gasteiger partial charge is 0.0764 e. The zero-order valence-corrected chi connectivity index (χ0v) is 10.8. The zero-order chi connectivity index (χ0) is 11.5. The fourth-order valence-corrected chi connectivity index (χ4v) is 2.35. The summed E-state index contributed by atoms with van der Waals surface area (Å²) >= 11 is 6.08. The van der Waals surface area contributed by atoms with Crippen LogP contribution in [0.2, 0.25) is 0 Å². The fraction of sp³-hybridized carbons (Fsp3) is 0.750. The number of halogens is 1. The molecular formula is C12H20ClN3. The number of aromatic nitrogens is 2. The van der Waals surface area contributed by atoms with Crippen molar-refractivity contribution in [3.63, 3.8) is 0 Å². The molecule has 0 aromatic carbocycles. The number of hydrogen-bond donors (Lipinski definition) is 0. The Morgan fingerprint density at radius 2 is 2.44 bits per heavy atom. The molecule has 1 saturated heterocycles. The van der Waals surface area contributed by atoms with Gasteiger partial charge in [-0.2, -0.15) is 5.10 Å². The topological polar surface area (TPSA) is 21.1 Å². The Morgan fingerprint density at radius 1 is 1.62 bits per heavy atom. The molecule has 1 aliphatic heterocycles. The molecule has 0 spiro atoms. The Hall–Kier alpha value is -0.540. The summed E-state index contributed by atoms with van der Waals surface area (Å²) in [5.41, 5.74) is 1.16. The number of likely N-dealkylation sites (tertiary alicyclic amines) is 1. The number of hydrogen-bond acceptors (Lipinski definition) is 2. The maximum Gasteiger partial charge on any atom is 0.0764 e. The van der Waals surface area contributed by atoms with Gasteiger partial charge in [0, 0.05) is 37.3 Å². The molecule has 2 rings (SSSR count). The minimum atomic E-state index is 0.330. The first-order chi connectivity index (χ1) is 7.69. The summed E-state index contributed by atoms with van der Waals surface area (Å²) in [5.74, 6) is 0. The minimum Gasteiger partial charge on any atom is -0.296 e. The molecule has 1 aromatic heterocycles. The lowest BCUT2D eigenvalue weighted by Crippen LogP contribution is -2.20. The van der Waals surface area contributed by atoms with Crippen LogP contribution < -0.4 is 0 Å². The Labute approximate surface area is 102 Å². The van der Waals surface area contributed by atoms with Gasteiger partial charge in [-0.3, -0.25) is 9.58 Å². The van der Waals surface area contributed by atoms with E-state index in [-0.39, 0.29) is 0 Å². The van der Waals surface area contributed by atoms with Crippen molar-refractivity contribution < 1.29 is 0 Å². The van der Waals surface area contributed by atoms with Crippen molar-refractivity contribution in [2.24, 2.45) is 0 Å². The quantitative estimate of drug-likeness (QED) is 0.756. The molecule has 0 N–H and O–H groups in total. The van der Waals surface area contributed by atoms with Crippen LogP contribution in [0.25, 0.3) is 0 Å². The van der Waals surface area contributed by atoms with Crippen molar-refractivity contribution in [2.75, 3.05) is 13.1 Å². The maximum absolute atomic E-state index is 6.08. The lowest BCUT2D eigenvalue weighted by Gasteiger charge is -2.13. The molecular weight excluding hydrogens is 222 g/mol. The molecule has 1 aliphatic rings. The first-order valence-corrected chi connectivity index (χ1v) is 6.53. The van der Waals surface area contributed by atoms with Gasteiger partial charge in [0.15, 0.2) is 0 Å². The number of nitrogens with zero attached hydrogens (tertiary/aromatic N) is 3. The van der Waals surface area contributed by atoms with E-state index in [0.29, 0.717) is 11.4 Å². The zero-order valence-electron chi connectivity index (χ0n) is 10.1. The normalized spacial score (nSPS) is 23.8. The summed E-state index contributed by atoms with van der Waals surface area (Å²) in [5, 5.41) is 4.93. The largest absolute Gasteiger partial charge is 0.296 e. The molecule has 0 saturated carbocycles. The van der Waals surface area contributed by atoms with Crippen LogP contribution in [0.4, 0.5) is 0 Å². The molecule has 2 heterocycles. The lowest BCUT2D eigenvalue weighted by atomic mass is 10.3. The van der Waals surface area contributed by atoms with Crippen molar-refractivity contribution in [1.82, 2.24) is 14.7 Å². The van der Waals surface area contributed by atoms with E-state index in [1.165, 1.54) is 0 Å². The lowest BCUT2D eigenvalue weighted by molar-refractivity contribution is 0.324. The van der Waals surface area contributed by atoms with Crippen molar-refractivity contribution in [3.8, 4) is 0 Å². The highest BCUT2D eigenvalue weighted by molar-refractivity contribution is 6.20. The van der Waals surface area contributed by atoms with E-state index < -0.39 is 0 Å². The van der Waals surface area contributed by atoms with Gasteiger partial charge in [-0.25, -0.2) is 0 Å². The summed E-state index contributed by atoms with van der Waals surface area (Å²) in [6.45, 7) is 7.42. The molecule has 3 nitrogen and oxygen atoms in total. The molecule has 0 radical (unpaired) electrons. The predicted molar refractivity (Wildman–Crippen MR) is 66.8 cm³/mol. The molecule has 2 atom stereocenters. The molecule has 4 heteroatoms. The average molecular weight is 242 g/mol. The van der Waals surface area contributed by atoms with Crippen LogP contribution in [0, 0.1) is 0 Å². The molecule has 0 amide bonds. The van der Waals surface area contributed by atoms with Crippen molar-refractivity contribution in [1.29, 1.82) is 0 Å². The Morgan fingerprint density at radius 3 is 3.06 bits per heavy atom. The van der Waals surface area contributed by atoms with Gasteiger partial charge in [-0.15, -0.1) is 11.6 Å². The van der Waals surface area contributed by atoms with Crippen molar-refractivity contribution in [3.05, 3.63) is 18.0 Å². The van der Waals surface area contributed by atoms with E-state index in [0.717, 1.165) is 38.2 Å². The highest BCUT2D eigenvalue weighted by Gasteiger charge is 2.20. The third-order valence-electron chi connectivity index (χ3n) is 3.31. The van der Waals surface area contributed by atoms with Gasteiger partial charge in [-0.05, 0) is 25.8 Å². The minimum absolute atomic E-state index is 0.330. The van der Waals surface area contributed by atoms with E-state index >= 15 is 0 Å². The van der Waals surface area contributed by atoms with Crippen LogP contribution in [0.5, 0.6) is 0 Å². The van der Waals surface area contributed by atoms with Gasteiger partial charge in [0.05, 0.1) is 5.69 Å². The predicted octanol–water partition coefficient (Wildman–Crippen LogP) is 2.67. The third kappa shape index (κ3) is 2.77. The monoisotopic (exact) mass is 241 g/mol. The van der Waals surface area contributed by atoms with Gasteiger partial charge >= 0.3 is 0 Å². The summed E-state index contributed by atoms with van der Waals surface area (Å²) in [6, 6.07) is 2.61. The van der Waals surface area contributed by atoms with Crippen LogP contribution in [-0.4, -0.2) is 33.1 Å². The second kappa shape index (κ2) is 5.19. The van der Waals surface area contributed by atoms with E-state index in [4.69, 9.17) is 11.6 Å². The van der Waals surface area contributed by atoms with Gasteiger partial charge < -0.3 is 0 Å². The van der Waals surface area contributed by atoms with Crippen LogP contribution in [0.15, 0.2) is 12.3 Å². The van der Waals surface area contributed by atoms with Crippen molar-refractivity contribution >= 4 is 11.6 Å². The van der Waals surface area contributed by atoms with E-state index in [1.807, 2.05) is 0 Å². The van der Waals surface area contributed by atoms with Crippen LogP contribution in [0.1, 0.15) is 38.4 Å². The van der Waals surface area contributed by atoms with Crippen LogP contribution in [0.3, 0.4) is 0 Å². The molecule has 90 valence electrons. The molecule has 0 bridgehead atoms. The highest BCUT2D eigenvalue weighted by Crippen LogP contribution is 2.17. The van der Waals surface area contributed by atoms with Crippen LogP contribution in [-0.2, 0) is 6.54 Å². The number of alkyl halides is 1. The standard InChI is InChI=1S/C12H20ClN3/c1-3-10(2)16-7-5-12(14-16)9-15-6-4-11(13)8-15/h5,7,10-11H,3-4,6,8-9H2,1-2H3. The summed E-state index contributed by atoms with van der Waals surface area (Å²) < 4.78 is 2.06. The van der Waals surface area contributed by atoms with E-state index in [2.05, 4.69) is 40.8 Å². The van der Waals surface area contributed by atoms with Gasteiger partial charge in [0.2, 0.25) is 0 Å². The van der Waals surface area contributed by atoms with Gasteiger partial charge in [0.25, 0.3) is 0 Å². The summed E-state index contributed by atoms with van der Waals surface area (Å²) in [6.07, 6.45) is 4.31. The molecule has 16 heavy (non-hydrogen) atoms. The first-order valence-electron chi connectivity index (χ1n) is 6.09. The van der Waals surface area contributed by atoms with E-state index in [1.54, 1.807) is 0 Å². The highest BCUT2D eigenvalue weighted by atomic mass is 35.5. The summed E-state index contributed by atoms with van der Waals surface area (Å²) in [7, 11) is 0.